The number of esters is 1. The minimum atomic E-state index is -1.11. The summed E-state index contributed by atoms with van der Waals surface area (Å²) < 4.78 is 5.25. The molecule has 23 heavy (non-hydrogen) atoms. The van der Waals surface area contributed by atoms with Crippen molar-refractivity contribution >= 4 is 17.6 Å². The summed E-state index contributed by atoms with van der Waals surface area (Å²) in [5.41, 5.74) is 0.704. The lowest BCUT2D eigenvalue weighted by molar-refractivity contribution is 0.0487. The molecule has 128 valence electrons. The van der Waals surface area contributed by atoms with Crippen LogP contribution in [0.25, 0.3) is 0 Å². The molecule has 0 heterocycles. The summed E-state index contributed by atoms with van der Waals surface area (Å²) in [6.45, 7) is 7.69. The number of nitrogens with zero attached hydrogens (tertiary/aromatic N) is 1. The summed E-state index contributed by atoms with van der Waals surface area (Å²) in [6, 6.07) is 4.95. The minimum absolute atomic E-state index is 0.0229. The van der Waals surface area contributed by atoms with Gasteiger partial charge in [-0.05, 0) is 32.4 Å². The van der Waals surface area contributed by atoms with Crippen LogP contribution in [0, 0.1) is 0 Å². The van der Waals surface area contributed by atoms with Crippen LogP contribution in [0.1, 0.15) is 67.2 Å². The van der Waals surface area contributed by atoms with Crippen molar-refractivity contribution in [1.82, 2.24) is 0 Å². The lowest BCUT2D eigenvalue weighted by Gasteiger charge is -2.23. The highest BCUT2D eigenvalue weighted by Gasteiger charge is 2.23. The Bertz CT molecular complexity index is 524. The zero-order valence-corrected chi connectivity index (χ0v) is 14.3. The summed E-state index contributed by atoms with van der Waals surface area (Å²) in [5, 5.41) is 9.54. The number of anilines is 1. The Labute approximate surface area is 138 Å². The predicted octanol–water partition coefficient (Wildman–Crippen LogP) is 3.97. The first kappa shape index (κ1) is 19.0. The number of aromatic carboxylic acids is 1. The van der Waals surface area contributed by atoms with Gasteiger partial charge in [0.05, 0.1) is 23.4 Å². The van der Waals surface area contributed by atoms with Gasteiger partial charge in [0.1, 0.15) is 0 Å². The third kappa shape index (κ3) is 5.27. The zero-order valence-electron chi connectivity index (χ0n) is 14.3. The molecule has 0 aliphatic carbocycles. The maximum absolute atomic E-state index is 12.3. The molecule has 5 heteroatoms. The highest BCUT2D eigenvalue weighted by atomic mass is 16.5. The Hall–Kier alpha value is -2.04. The zero-order chi connectivity index (χ0) is 17.2. The van der Waals surface area contributed by atoms with Gasteiger partial charge in [0.25, 0.3) is 0 Å². The van der Waals surface area contributed by atoms with Crippen molar-refractivity contribution in [2.75, 3.05) is 24.6 Å². The van der Waals surface area contributed by atoms with Crippen molar-refractivity contribution in [2.45, 2.75) is 46.5 Å². The van der Waals surface area contributed by atoms with Crippen LogP contribution in [0.15, 0.2) is 18.2 Å². The first-order valence-electron chi connectivity index (χ1n) is 8.35. The average molecular weight is 321 g/mol. The monoisotopic (exact) mass is 321 g/mol. The van der Waals surface area contributed by atoms with Crippen molar-refractivity contribution in [3.05, 3.63) is 29.3 Å². The van der Waals surface area contributed by atoms with Crippen molar-refractivity contribution in [3.63, 3.8) is 0 Å². The van der Waals surface area contributed by atoms with E-state index in [1.165, 1.54) is 6.07 Å². The number of benzene rings is 1. The Morgan fingerprint density at radius 1 is 1.09 bits per heavy atom. The normalized spacial score (nSPS) is 10.4. The largest absolute Gasteiger partial charge is 0.478 e. The van der Waals surface area contributed by atoms with E-state index < -0.39 is 11.9 Å². The Morgan fingerprint density at radius 3 is 2.35 bits per heavy atom. The first-order valence-corrected chi connectivity index (χ1v) is 8.35. The second-order valence-corrected chi connectivity index (χ2v) is 5.37. The number of carboxylic acid groups (broad SMARTS) is 1. The number of ether oxygens (including phenoxy) is 1. The molecule has 0 aliphatic rings. The van der Waals surface area contributed by atoms with Crippen LogP contribution in [-0.4, -0.2) is 36.7 Å². The number of carbonyl (C=O) groups is 2. The van der Waals surface area contributed by atoms with Gasteiger partial charge in [-0.3, -0.25) is 0 Å². The first-order chi connectivity index (χ1) is 11.1. The van der Waals surface area contributed by atoms with Crippen molar-refractivity contribution in [1.29, 1.82) is 0 Å². The van der Waals surface area contributed by atoms with Crippen LogP contribution >= 0.6 is 0 Å². The molecule has 1 N–H and O–H groups in total. The van der Waals surface area contributed by atoms with E-state index in [0.29, 0.717) is 25.4 Å². The molecule has 1 aromatic carbocycles. The Kier molecular flexibility index (Phi) is 8.16. The fraction of sp³-hybridized carbons (Fsp3) is 0.556. The molecule has 0 saturated carbocycles. The highest BCUT2D eigenvalue weighted by molar-refractivity contribution is 6.06. The van der Waals surface area contributed by atoms with E-state index >= 15 is 0 Å². The molecule has 1 rings (SSSR count). The van der Waals surface area contributed by atoms with Crippen LogP contribution in [0.5, 0.6) is 0 Å². The molecule has 0 aromatic heterocycles. The standard InChI is InChI=1S/C18H27NO4/c1-4-7-8-9-13-23-18(22)14-11-10-12-15(16(14)17(20)21)19(5-2)6-3/h10-12H,4-9,13H2,1-3H3,(H,20,21). The van der Waals surface area contributed by atoms with Gasteiger partial charge in [-0.25, -0.2) is 9.59 Å². The number of carboxylic acids is 1. The molecule has 0 amide bonds. The molecule has 0 aliphatic heterocycles. The van der Waals surface area contributed by atoms with Gasteiger partial charge in [-0.1, -0.05) is 32.3 Å². The maximum Gasteiger partial charge on any atom is 0.339 e. The topological polar surface area (TPSA) is 66.8 Å². The van der Waals surface area contributed by atoms with Gasteiger partial charge in [0.2, 0.25) is 0 Å². The van der Waals surface area contributed by atoms with Gasteiger partial charge >= 0.3 is 11.9 Å². The fourth-order valence-corrected chi connectivity index (χ4v) is 2.53. The predicted molar refractivity (Wildman–Crippen MR) is 91.4 cm³/mol. The number of carbonyl (C=O) groups excluding carboxylic acids is 1. The van der Waals surface area contributed by atoms with Gasteiger partial charge in [-0.2, -0.15) is 0 Å². The summed E-state index contributed by atoms with van der Waals surface area (Å²) in [4.78, 5) is 25.8. The summed E-state index contributed by atoms with van der Waals surface area (Å²) in [7, 11) is 0. The molecule has 0 atom stereocenters. The lowest BCUT2D eigenvalue weighted by atomic mass is 10.0. The third-order valence-corrected chi connectivity index (χ3v) is 3.81. The highest BCUT2D eigenvalue weighted by Crippen LogP contribution is 2.25. The number of unbranched alkanes of at least 4 members (excludes halogenated alkanes) is 3. The van der Waals surface area contributed by atoms with E-state index in [1.54, 1.807) is 12.1 Å². The quantitative estimate of drug-likeness (QED) is 0.522. The van der Waals surface area contributed by atoms with Crippen molar-refractivity contribution in [3.8, 4) is 0 Å². The summed E-state index contributed by atoms with van der Waals surface area (Å²) in [5.74, 6) is -1.67. The Morgan fingerprint density at radius 2 is 1.78 bits per heavy atom. The molecular weight excluding hydrogens is 294 g/mol. The van der Waals surface area contributed by atoms with Crippen molar-refractivity contribution in [2.24, 2.45) is 0 Å². The molecule has 0 radical (unpaired) electrons. The average Bonchev–Trinajstić information content (AvgIpc) is 2.55. The van der Waals surface area contributed by atoms with Gasteiger partial charge in [0.15, 0.2) is 0 Å². The molecule has 0 bridgehead atoms. The number of hydrogen-bond acceptors (Lipinski definition) is 4. The molecule has 0 spiro atoms. The number of hydrogen-bond donors (Lipinski definition) is 1. The molecular formula is C18H27NO4. The van der Waals surface area contributed by atoms with Crippen LogP contribution in [0.4, 0.5) is 5.69 Å². The summed E-state index contributed by atoms with van der Waals surface area (Å²) in [6.07, 6.45) is 4.03. The molecule has 0 saturated heterocycles. The van der Waals surface area contributed by atoms with E-state index in [2.05, 4.69) is 6.92 Å². The van der Waals surface area contributed by atoms with E-state index in [9.17, 15) is 14.7 Å². The smallest absolute Gasteiger partial charge is 0.339 e. The third-order valence-electron chi connectivity index (χ3n) is 3.81. The van der Waals surface area contributed by atoms with Gasteiger partial charge in [-0.15, -0.1) is 0 Å². The van der Waals surface area contributed by atoms with E-state index in [-0.39, 0.29) is 11.1 Å². The fourth-order valence-electron chi connectivity index (χ4n) is 2.53. The SMILES string of the molecule is CCCCCCOC(=O)c1cccc(N(CC)CC)c1C(=O)O. The second kappa shape index (κ2) is 9.87. The minimum Gasteiger partial charge on any atom is -0.478 e. The van der Waals surface area contributed by atoms with E-state index in [0.717, 1.165) is 25.7 Å². The number of rotatable bonds is 10. The molecule has 1 aromatic rings. The van der Waals surface area contributed by atoms with Crippen molar-refractivity contribution < 1.29 is 19.4 Å². The van der Waals surface area contributed by atoms with E-state index in [1.807, 2.05) is 18.7 Å². The Balaban J connectivity index is 2.95. The summed E-state index contributed by atoms with van der Waals surface area (Å²) >= 11 is 0. The lowest BCUT2D eigenvalue weighted by Crippen LogP contribution is -2.25. The van der Waals surface area contributed by atoms with Crippen LogP contribution < -0.4 is 4.90 Å². The van der Waals surface area contributed by atoms with Gasteiger partial charge < -0.3 is 14.7 Å². The van der Waals surface area contributed by atoms with Crippen LogP contribution in [-0.2, 0) is 4.74 Å². The molecule has 0 fully saturated rings. The van der Waals surface area contributed by atoms with Gasteiger partial charge in [0, 0.05) is 13.1 Å². The van der Waals surface area contributed by atoms with Crippen LogP contribution in [0.2, 0.25) is 0 Å². The maximum atomic E-state index is 12.3. The molecule has 0 unspecified atom stereocenters. The second-order valence-electron chi connectivity index (χ2n) is 5.37. The van der Waals surface area contributed by atoms with Crippen LogP contribution in [0.3, 0.4) is 0 Å². The molecule has 5 nitrogen and oxygen atoms in total. The van der Waals surface area contributed by atoms with E-state index in [4.69, 9.17) is 4.74 Å².